The molecule has 7 saturated heterocycles. The van der Waals surface area contributed by atoms with Crippen LogP contribution in [0.4, 0.5) is 0 Å². The Kier molecular flexibility index (Phi) is 34.8. The fraction of sp³-hybridized carbons (Fsp3) is 0.842. The summed E-state index contributed by atoms with van der Waals surface area (Å²) in [6.07, 6.45) is 13.8. The number of morpholine rings is 1. The van der Waals surface area contributed by atoms with Gasteiger partial charge in [0.25, 0.3) is 0 Å². The average Bonchev–Trinajstić information content (AvgIpc) is 4.18. The van der Waals surface area contributed by atoms with Crippen molar-refractivity contribution in [1.82, 2.24) is 44.1 Å². The van der Waals surface area contributed by atoms with Crippen LogP contribution in [-0.2, 0) is 17.7 Å². The van der Waals surface area contributed by atoms with E-state index in [9.17, 15) is 0 Å². The zero-order chi connectivity index (χ0) is 65.1. The Morgan fingerprint density at radius 2 is 0.644 bits per heavy atom. The molecule has 0 atom stereocenters. The minimum absolute atomic E-state index is 0.287. The molecule has 0 saturated carbocycles. The molecule has 0 amide bonds. The first kappa shape index (κ1) is 79.2. The third kappa shape index (κ3) is 33.4. The number of benzene rings is 2. The molecule has 7 aliphatic heterocycles. The largest absolute Gasteiger partial charge is 0.395 e. The van der Waals surface area contributed by atoms with Crippen LogP contribution in [0.25, 0.3) is 0 Å². The molecule has 87 heavy (non-hydrogen) atoms. The van der Waals surface area contributed by atoms with E-state index < -0.39 is 0 Å². The first-order valence-corrected chi connectivity index (χ1v) is 35.4. The summed E-state index contributed by atoms with van der Waals surface area (Å²) in [5.74, 6) is 1.84. The molecule has 11 nitrogen and oxygen atoms in total. The highest BCUT2D eigenvalue weighted by molar-refractivity contribution is 5.16. The number of hydrogen-bond acceptors (Lipinski definition) is 11. The summed E-state index contributed by atoms with van der Waals surface area (Å²) in [4.78, 5) is 22.7. The number of ether oxygens (including phenoxy) is 1. The molecule has 0 radical (unpaired) electrons. The second-order valence-electron chi connectivity index (χ2n) is 33.6. The van der Waals surface area contributed by atoms with Gasteiger partial charge in [-0.05, 0) is 279 Å². The third-order valence-corrected chi connectivity index (χ3v) is 19.3. The summed E-state index contributed by atoms with van der Waals surface area (Å²) in [6, 6.07) is 21.7. The van der Waals surface area contributed by atoms with E-state index in [1.54, 1.807) is 0 Å². The van der Waals surface area contributed by atoms with Gasteiger partial charge < -0.3 is 9.84 Å². The lowest BCUT2D eigenvalue weighted by Crippen LogP contribution is -2.53. The molecule has 11 heteroatoms. The van der Waals surface area contributed by atoms with E-state index in [0.717, 1.165) is 77.4 Å². The maximum Gasteiger partial charge on any atom is 0.0594 e. The number of aliphatic hydroxyl groups is 1. The maximum absolute atomic E-state index is 8.79. The van der Waals surface area contributed by atoms with E-state index in [0.29, 0.717) is 38.8 Å². The normalized spacial score (nSPS) is 21.6. The van der Waals surface area contributed by atoms with Crippen molar-refractivity contribution in [3.63, 3.8) is 0 Å². The zero-order valence-electron chi connectivity index (χ0n) is 61.6. The number of aliphatic hydroxyl groups excluding tert-OH is 1. The molecular formula is C76H145N9O2. The van der Waals surface area contributed by atoms with Gasteiger partial charge in [-0.2, -0.15) is 0 Å². The quantitative estimate of drug-likeness (QED) is 0.301. The van der Waals surface area contributed by atoms with Gasteiger partial charge in [-0.25, -0.2) is 0 Å². The molecule has 1 N–H and O–H groups in total. The van der Waals surface area contributed by atoms with Gasteiger partial charge in [0.05, 0.1) is 19.8 Å². The van der Waals surface area contributed by atoms with Gasteiger partial charge in [0, 0.05) is 117 Å². The Labute approximate surface area is 541 Å². The molecule has 9 rings (SSSR count). The van der Waals surface area contributed by atoms with Gasteiger partial charge >= 0.3 is 0 Å². The van der Waals surface area contributed by atoms with Crippen molar-refractivity contribution in [2.24, 2.45) is 11.8 Å². The number of nitrogens with zero attached hydrogens (tertiary/aromatic N) is 9. The molecule has 2 aromatic carbocycles. The molecule has 7 fully saturated rings. The van der Waals surface area contributed by atoms with Gasteiger partial charge in [0.15, 0.2) is 0 Å². The lowest BCUT2D eigenvalue weighted by Gasteiger charge is -2.42. The Morgan fingerprint density at radius 1 is 0.345 bits per heavy atom. The lowest BCUT2D eigenvalue weighted by atomic mass is 9.88. The molecule has 0 spiro atoms. The topological polar surface area (TPSA) is 58.6 Å². The van der Waals surface area contributed by atoms with E-state index in [2.05, 4.69) is 257 Å². The van der Waals surface area contributed by atoms with Crippen LogP contribution in [-0.4, -0.2) is 232 Å². The minimum atomic E-state index is 0.287. The summed E-state index contributed by atoms with van der Waals surface area (Å²) in [6.45, 7) is 76.2. The molecule has 2 aromatic rings. The monoisotopic (exact) mass is 1220 g/mol. The molecule has 0 aliphatic carbocycles. The van der Waals surface area contributed by atoms with Gasteiger partial charge in [0.1, 0.15) is 0 Å². The number of rotatable bonds is 6. The highest BCUT2D eigenvalue weighted by Crippen LogP contribution is 2.28. The standard InChI is InChI=1S/C16H25N.C15H24N2.C10H22N2O.C10H21N.C9H19N.C8H17NO.C8H17N/c1-16(2,3)17-11-9-15(10-12-17)13-14-7-5-4-6-8-14;1-15(2,3)17-11-9-16(10-12-17)13-14-7-5-4-6-8-14;1-10(2,3)12-6-4-11(5-7-12)8-9-13;1-9-5-7-11(8-6-9)10(2,3)4;1-9(2,3)10-7-5-4-6-8-10;1-8(2,3)9-4-6-10-7-5-9;1-8(2,3)9-6-4-5-7-9/h4-8,15H,9-13H2,1-3H3;4-8H,9-13H2,1-3H3;13H,4-9H2,1-3H3;9H,5-8H2,1-4H3;4-8H2,1-3H3;4-7H2,1-3H3;4-7H2,1-3H3. The fourth-order valence-electron chi connectivity index (χ4n) is 12.8. The maximum atomic E-state index is 8.79. The van der Waals surface area contributed by atoms with Crippen LogP contribution in [0, 0.1) is 11.8 Å². The molecule has 0 bridgehead atoms. The second kappa shape index (κ2) is 38.2. The molecule has 7 aliphatic rings. The van der Waals surface area contributed by atoms with Crippen molar-refractivity contribution >= 4 is 0 Å². The van der Waals surface area contributed by atoms with Crippen molar-refractivity contribution in [1.29, 1.82) is 0 Å². The Balaban J connectivity index is 0.000000269. The van der Waals surface area contributed by atoms with Crippen LogP contribution in [0.15, 0.2) is 60.7 Å². The Bertz CT molecular complexity index is 1890. The van der Waals surface area contributed by atoms with E-state index in [-0.39, 0.29) is 6.61 Å². The van der Waals surface area contributed by atoms with E-state index >= 15 is 0 Å². The first-order chi connectivity index (χ1) is 40.5. The van der Waals surface area contributed by atoms with Crippen molar-refractivity contribution in [3.8, 4) is 0 Å². The van der Waals surface area contributed by atoms with Crippen molar-refractivity contribution in [2.75, 3.05) is 144 Å². The molecule has 0 aromatic heterocycles. The van der Waals surface area contributed by atoms with Crippen LogP contribution >= 0.6 is 0 Å². The van der Waals surface area contributed by atoms with Crippen molar-refractivity contribution < 1.29 is 9.84 Å². The molecule has 506 valence electrons. The SMILES string of the molecule is CC(C)(C)N1CCC(Cc2ccccc2)CC1.CC(C)(C)N1CCCC1.CC(C)(C)N1CCCCC1.CC(C)(C)N1CCN(CCO)CC1.CC(C)(C)N1CCN(Cc2ccccc2)CC1.CC(C)(C)N1CCOCC1.CC1CCN(C(C)(C)C)CC1. The first-order valence-electron chi connectivity index (χ1n) is 35.4. The number of piperidine rings is 3. The summed E-state index contributed by atoms with van der Waals surface area (Å²) in [7, 11) is 0. The Morgan fingerprint density at radius 3 is 0.977 bits per heavy atom. The van der Waals surface area contributed by atoms with Crippen molar-refractivity contribution in [3.05, 3.63) is 71.8 Å². The van der Waals surface area contributed by atoms with Crippen LogP contribution in [0.1, 0.15) is 221 Å². The lowest BCUT2D eigenvalue weighted by molar-refractivity contribution is -0.00389. The molecule has 7 heterocycles. The second-order valence-corrected chi connectivity index (χ2v) is 33.6. The summed E-state index contributed by atoms with van der Waals surface area (Å²) in [5.41, 5.74) is 5.42. The van der Waals surface area contributed by atoms with E-state index in [4.69, 9.17) is 9.84 Å². The highest BCUT2D eigenvalue weighted by atomic mass is 16.5. The van der Waals surface area contributed by atoms with E-state index in [1.807, 2.05) is 0 Å². The minimum Gasteiger partial charge on any atom is -0.395 e. The fourth-order valence-corrected chi connectivity index (χ4v) is 12.8. The van der Waals surface area contributed by atoms with Gasteiger partial charge in [-0.15, -0.1) is 0 Å². The predicted molar refractivity (Wildman–Crippen MR) is 380 cm³/mol. The zero-order valence-corrected chi connectivity index (χ0v) is 61.6. The summed E-state index contributed by atoms with van der Waals surface area (Å²) in [5, 5.41) is 8.79. The number of likely N-dealkylation sites (tertiary alicyclic amines) is 4. The molecule has 0 unspecified atom stereocenters. The summed E-state index contributed by atoms with van der Waals surface area (Å²) < 4.78 is 5.25. The average molecular weight is 1220 g/mol. The van der Waals surface area contributed by atoms with E-state index in [1.165, 1.54) is 154 Å². The van der Waals surface area contributed by atoms with Crippen molar-refractivity contribution in [2.45, 2.75) is 262 Å². The highest BCUT2D eigenvalue weighted by Gasteiger charge is 2.30. The number of β-amino-alcohol motifs (C(OH)–C–C–N with tert-alkyl or cyclic N) is 1. The van der Waals surface area contributed by atoms with Gasteiger partial charge in [-0.3, -0.25) is 44.1 Å². The van der Waals surface area contributed by atoms with Crippen LogP contribution in [0.2, 0.25) is 0 Å². The van der Waals surface area contributed by atoms with Gasteiger partial charge in [0.2, 0.25) is 0 Å². The van der Waals surface area contributed by atoms with Crippen LogP contribution in [0.5, 0.6) is 0 Å². The third-order valence-electron chi connectivity index (χ3n) is 19.3. The smallest absolute Gasteiger partial charge is 0.0594 e. The van der Waals surface area contributed by atoms with Gasteiger partial charge in [-0.1, -0.05) is 74.0 Å². The van der Waals surface area contributed by atoms with Crippen LogP contribution in [0.3, 0.4) is 0 Å². The number of hydrogen-bond donors (Lipinski definition) is 1. The predicted octanol–water partition coefficient (Wildman–Crippen LogP) is 14.5. The summed E-state index contributed by atoms with van der Waals surface area (Å²) >= 11 is 0. The van der Waals surface area contributed by atoms with Crippen LogP contribution < -0.4 is 0 Å². The number of piperazine rings is 2. The molecular weight excluding hydrogens is 1070 g/mol. The Hall–Kier alpha value is -2.00.